The number of carbonyl (C=O) groups excluding carboxylic acids is 2. The molecule has 0 spiro atoms. The summed E-state index contributed by atoms with van der Waals surface area (Å²) < 4.78 is 27.3. The Morgan fingerprint density at radius 2 is 2.05 bits per heavy atom. The van der Waals surface area contributed by atoms with E-state index in [2.05, 4.69) is 26.0 Å². The van der Waals surface area contributed by atoms with E-state index in [0.29, 0.717) is 0 Å². The predicted molar refractivity (Wildman–Crippen MR) is 78.8 cm³/mol. The van der Waals surface area contributed by atoms with Gasteiger partial charge in [-0.25, -0.2) is 18.4 Å². The van der Waals surface area contributed by atoms with Gasteiger partial charge in [-0.1, -0.05) is 0 Å². The Bertz CT molecular complexity index is 662. The van der Waals surface area contributed by atoms with Crippen LogP contribution in [0.3, 0.4) is 0 Å². The zero-order valence-electron chi connectivity index (χ0n) is 11.0. The molecule has 1 aromatic rings. The first-order valence-corrected chi connectivity index (χ1v) is 8.06. The fraction of sp³-hybridized carbons (Fsp3) is 0.273. The fourth-order valence-electron chi connectivity index (χ4n) is 1.32. The summed E-state index contributed by atoms with van der Waals surface area (Å²) in [7, 11) is -3.85. The summed E-state index contributed by atoms with van der Waals surface area (Å²) in [6.45, 7) is 1.69. The second-order valence-corrected chi connectivity index (χ2v) is 6.32. The minimum atomic E-state index is -3.85. The maximum Gasteiger partial charge on any atom is 0.332 e. The summed E-state index contributed by atoms with van der Waals surface area (Å²) in [6.07, 6.45) is 0. The molecule has 0 aliphatic rings. The first kappa shape index (κ1) is 17.6. The molecule has 0 saturated heterocycles. The largest absolute Gasteiger partial charge is 0.464 e. The summed E-state index contributed by atoms with van der Waals surface area (Å²) >= 11 is 3.09. The number of halogens is 1. The standard InChI is InChI=1S/C11H14BrN3O5S/c1-2-20-11(17)9(13)10(16)15-8-4-3-6(5-7(8)12)21(14,18)19/h3-5,9H,2,13H2,1H3,(H,15,16)(H2,14,18,19). The maximum atomic E-state index is 11.8. The molecule has 0 radical (unpaired) electrons. The van der Waals surface area contributed by atoms with Crippen molar-refractivity contribution in [1.29, 1.82) is 0 Å². The smallest absolute Gasteiger partial charge is 0.332 e. The van der Waals surface area contributed by atoms with Gasteiger partial charge in [0.15, 0.2) is 6.04 Å². The quantitative estimate of drug-likeness (QED) is 0.482. The summed E-state index contributed by atoms with van der Waals surface area (Å²) in [5, 5.41) is 7.36. The minimum Gasteiger partial charge on any atom is -0.464 e. The van der Waals surface area contributed by atoms with Crippen LogP contribution >= 0.6 is 15.9 Å². The number of hydrogen-bond donors (Lipinski definition) is 3. The molecule has 0 aliphatic heterocycles. The molecule has 5 N–H and O–H groups in total. The van der Waals surface area contributed by atoms with Gasteiger partial charge in [-0.2, -0.15) is 0 Å². The Hall–Kier alpha value is -1.49. The van der Waals surface area contributed by atoms with Crippen LogP contribution in [0.4, 0.5) is 5.69 Å². The van der Waals surface area contributed by atoms with Crippen LogP contribution < -0.4 is 16.2 Å². The van der Waals surface area contributed by atoms with E-state index in [1.165, 1.54) is 18.2 Å². The van der Waals surface area contributed by atoms with E-state index in [4.69, 9.17) is 10.9 Å². The molecule has 8 nitrogen and oxygen atoms in total. The van der Waals surface area contributed by atoms with Crippen LogP contribution in [0, 0.1) is 0 Å². The lowest BCUT2D eigenvalue weighted by atomic mass is 10.2. The maximum absolute atomic E-state index is 11.8. The highest BCUT2D eigenvalue weighted by Gasteiger charge is 2.24. The zero-order valence-corrected chi connectivity index (χ0v) is 13.4. The third-order valence-corrected chi connectivity index (χ3v) is 3.92. The van der Waals surface area contributed by atoms with Crippen molar-refractivity contribution in [3.63, 3.8) is 0 Å². The van der Waals surface area contributed by atoms with Crippen molar-refractivity contribution < 1.29 is 22.7 Å². The van der Waals surface area contributed by atoms with E-state index in [-0.39, 0.29) is 21.7 Å². The van der Waals surface area contributed by atoms with Crippen molar-refractivity contribution in [2.75, 3.05) is 11.9 Å². The van der Waals surface area contributed by atoms with Gasteiger partial charge < -0.3 is 15.8 Å². The van der Waals surface area contributed by atoms with E-state index in [0.717, 1.165) is 0 Å². The number of nitrogens with one attached hydrogen (secondary N) is 1. The van der Waals surface area contributed by atoms with Crippen molar-refractivity contribution in [1.82, 2.24) is 0 Å². The Morgan fingerprint density at radius 1 is 1.43 bits per heavy atom. The van der Waals surface area contributed by atoms with Crippen LogP contribution in [-0.2, 0) is 24.3 Å². The Morgan fingerprint density at radius 3 is 2.52 bits per heavy atom. The lowest BCUT2D eigenvalue weighted by Crippen LogP contribution is -2.43. The molecule has 0 fully saturated rings. The second-order valence-electron chi connectivity index (χ2n) is 3.91. The number of benzene rings is 1. The van der Waals surface area contributed by atoms with Gasteiger partial charge in [-0.05, 0) is 41.1 Å². The molecular weight excluding hydrogens is 366 g/mol. The van der Waals surface area contributed by atoms with E-state index in [1.807, 2.05) is 0 Å². The topological polar surface area (TPSA) is 142 Å². The molecule has 1 rings (SSSR count). The molecular formula is C11H14BrN3O5S. The van der Waals surface area contributed by atoms with Crippen LogP contribution in [0.2, 0.25) is 0 Å². The highest BCUT2D eigenvalue weighted by atomic mass is 79.9. The third-order valence-electron chi connectivity index (χ3n) is 2.35. The van der Waals surface area contributed by atoms with Crippen LogP contribution in [0.15, 0.2) is 27.6 Å². The molecule has 0 saturated carbocycles. The third kappa shape index (κ3) is 4.77. The van der Waals surface area contributed by atoms with E-state index >= 15 is 0 Å². The monoisotopic (exact) mass is 379 g/mol. The molecule has 10 heteroatoms. The highest BCUT2D eigenvalue weighted by Crippen LogP contribution is 2.25. The molecule has 116 valence electrons. The first-order chi connectivity index (χ1) is 9.66. The number of anilines is 1. The van der Waals surface area contributed by atoms with Gasteiger partial charge in [0.25, 0.3) is 5.91 Å². The Balaban J connectivity index is 2.89. The number of carbonyl (C=O) groups is 2. The van der Waals surface area contributed by atoms with Crippen molar-refractivity contribution in [2.24, 2.45) is 10.9 Å². The lowest BCUT2D eigenvalue weighted by molar-refractivity contribution is -0.146. The van der Waals surface area contributed by atoms with Gasteiger partial charge >= 0.3 is 5.97 Å². The van der Waals surface area contributed by atoms with Crippen molar-refractivity contribution >= 4 is 43.5 Å². The zero-order chi connectivity index (χ0) is 16.2. The predicted octanol–water partition coefficient (Wildman–Crippen LogP) is -0.0746. The molecule has 0 aliphatic carbocycles. The first-order valence-electron chi connectivity index (χ1n) is 5.72. The SMILES string of the molecule is CCOC(=O)C(N)C(=O)Nc1ccc(S(N)(=O)=O)cc1Br. The fourth-order valence-corrected chi connectivity index (χ4v) is 2.49. The lowest BCUT2D eigenvalue weighted by Gasteiger charge is -2.12. The summed E-state index contributed by atoms with van der Waals surface area (Å²) in [5.41, 5.74) is 5.67. The van der Waals surface area contributed by atoms with E-state index in [1.54, 1.807) is 6.92 Å². The normalized spacial score (nSPS) is 12.6. The molecule has 1 amide bonds. The Kier molecular flexibility index (Phi) is 5.84. The molecule has 0 bridgehead atoms. The number of rotatable bonds is 5. The average Bonchev–Trinajstić information content (AvgIpc) is 2.39. The summed E-state index contributed by atoms with van der Waals surface area (Å²) in [6, 6.07) is 2.28. The molecule has 1 unspecified atom stereocenters. The number of hydrogen-bond acceptors (Lipinski definition) is 6. The van der Waals surface area contributed by atoms with Gasteiger partial charge in [-0.3, -0.25) is 4.79 Å². The van der Waals surface area contributed by atoms with Gasteiger partial charge in [0.05, 0.1) is 17.2 Å². The number of ether oxygens (including phenoxy) is 1. The molecule has 0 heterocycles. The van der Waals surface area contributed by atoms with Gasteiger partial charge in [0.2, 0.25) is 10.0 Å². The number of sulfonamides is 1. The van der Waals surface area contributed by atoms with Gasteiger partial charge in [-0.15, -0.1) is 0 Å². The number of esters is 1. The van der Waals surface area contributed by atoms with Gasteiger partial charge in [0.1, 0.15) is 0 Å². The van der Waals surface area contributed by atoms with Crippen LogP contribution in [0.1, 0.15) is 6.92 Å². The van der Waals surface area contributed by atoms with Crippen LogP contribution in [0.5, 0.6) is 0 Å². The number of primary sulfonamides is 1. The minimum absolute atomic E-state index is 0.104. The summed E-state index contributed by atoms with van der Waals surface area (Å²) in [4.78, 5) is 23.0. The van der Waals surface area contributed by atoms with Crippen LogP contribution in [-0.4, -0.2) is 32.9 Å². The number of amides is 1. The van der Waals surface area contributed by atoms with E-state index in [9.17, 15) is 18.0 Å². The van der Waals surface area contributed by atoms with E-state index < -0.39 is 27.9 Å². The average molecular weight is 380 g/mol. The second kappa shape index (κ2) is 6.98. The molecule has 0 aromatic heterocycles. The molecule has 1 aromatic carbocycles. The van der Waals surface area contributed by atoms with Crippen molar-refractivity contribution in [2.45, 2.75) is 17.9 Å². The Labute approximate surface area is 130 Å². The van der Waals surface area contributed by atoms with Crippen LogP contribution in [0.25, 0.3) is 0 Å². The molecule has 1 atom stereocenters. The highest BCUT2D eigenvalue weighted by molar-refractivity contribution is 9.10. The summed E-state index contributed by atoms with van der Waals surface area (Å²) in [5.74, 6) is -1.63. The van der Waals surface area contributed by atoms with Gasteiger partial charge in [0, 0.05) is 4.47 Å². The number of nitrogens with two attached hydrogens (primary N) is 2. The van der Waals surface area contributed by atoms with Crippen molar-refractivity contribution in [3.8, 4) is 0 Å². The van der Waals surface area contributed by atoms with Crippen molar-refractivity contribution in [3.05, 3.63) is 22.7 Å². The molecule has 21 heavy (non-hydrogen) atoms.